The van der Waals surface area contributed by atoms with Crippen LogP contribution in [-0.4, -0.2) is 5.11 Å². The number of nitrogens with one attached hydrogen (secondary N) is 1. The zero-order valence-electron chi connectivity index (χ0n) is 9.82. The van der Waals surface area contributed by atoms with Crippen molar-refractivity contribution < 1.29 is 5.11 Å². The Morgan fingerprint density at radius 3 is 2.53 bits per heavy atom. The van der Waals surface area contributed by atoms with Gasteiger partial charge in [0.05, 0.1) is 15.6 Å². The second kappa shape index (κ2) is 5.83. The predicted molar refractivity (Wildman–Crippen MR) is 76.6 cm³/mol. The van der Waals surface area contributed by atoms with Crippen molar-refractivity contribution >= 4 is 28.9 Å². The molecule has 0 aliphatic heterocycles. The highest BCUT2D eigenvalue weighted by Crippen LogP contribution is 2.25. The van der Waals surface area contributed by atoms with Gasteiger partial charge in [0.25, 0.3) is 0 Å². The molecule has 2 N–H and O–H groups in total. The average molecular weight is 293 g/mol. The highest BCUT2D eigenvalue weighted by molar-refractivity contribution is 6.32. The van der Waals surface area contributed by atoms with Gasteiger partial charge in [-0.3, -0.25) is 0 Å². The van der Waals surface area contributed by atoms with Crippen molar-refractivity contribution in [3.8, 4) is 11.8 Å². The first-order valence-corrected chi connectivity index (χ1v) is 6.26. The molecule has 0 atom stereocenters. The topological polar surface area (TPSA) is 56.0 Å². The third kappa shape index (κ3) is 3.31. The zero-order chi connectivity index (χ0) is 13.8. The first-order valence-electron chi connectivity index (χ1n) is 5.51. The molecule has 0 aliphatic carbocycles. The van der Waals surface area contributed by atoms with Gasteiger partial charge in [-0.1, -0.05) is 29.3 Å². The van der Waals surface area contributed by atoms with Crippen LogP contribution in [0.2, 0.25) is 10.0 Å². The summed E-state index contributed by atoms with van der Waals surface area (Å²) in [4.78, 5) is 0. The average Bonchev–Trinajstić information content (AvgIpc) is 2.40. The summed E-state index contributed by atoms with van der Waals surface area (Å²) >= 11 is 11.8. The SMILES string of the molecule is N#Cc1ccc(NCc2ccc(O)c(Cl)c2)cc1Cl. The molecule has 2 aromatic rings. The van der Waals surface area contributed by atoms with Crippen molar-refractivity contribution in [1.29, 1.82) is 5.26 Å². The van der Waals surface area contributed by atoms with Gasteiger partial charge in [-0.05, 0) is 35.9 Å². The van der Waals surface area contributed by atoms with Gasteiger partial charge >= 0.3 is 0 Å². The number of anilines is 1. The molecular formula is C14H10Cl2N2O. The van der Waals surface area contributed by atoms with E-state index in [1.165, 1.54) is 0 Å². The number of phenolic OH excluding ortho intramolecular Hbond substituents is 1. The van der Waals surface area contributed by atoms with E-state index in [2.05, 4.69) is 5.32 Å². The summed E-state index contributed by atoms with van der Waals surface area (Å²) in [5, 5.41) is 22.0. The molecule has 0 spiro atoms. The van der Waals surface area contributed by atoms with Crippen LogP contribution in [0.3, 0.4) is 0 Å². The molecule has 0 radical (unpaired) electrons. The number of rotatable bonds is 3. The van der Waals surface area contributed by atoms with Gasteiger partial charge in [-0.25, -0.2) is 0 Å². The van der Waals surface area contributed by atoms with Crippen LogP contribution in [0, 0.1) is 11.3 Å². The van der Waals surface area contributed by atoms with Crippen molar-refractivity contribution in [3.63, 3.8) is 0 Å². The maximum atomic E-state index is 9.32. The van der Waals surface area contributed by atoms with Crippen LogP contribution in [-0.2, 0) is 6.54 Å². The van der Waals surface area contributed by atoms with E-state index in [4.69, 9.17) is 28.5 Å². The van der Waals surface area contributed by atoms with Gasteiger partial charge < -0.3 is 10.4 Å². The van der Waals surface area contributed by atoms with Crippen LogP contribution in [0.5, 0.6) is 5.75 Å². The highest BCUT2D eigenvalue weighted by Gasteiger charge is 2.02. The van der Waals surface area contributed by atoms with Crippen molar-refractivity contribution in [3.05, 3.63) is 57.6 Å². The summed E-state index contributed by atoms with van der Waals surface area (Å²) in [7, 11) is 0. The quantitative estimate of drug-likeness (QED) is 0.892. The molecular weight excluding hydrogens is 283 g/mol. The number of nitriles is 1. The summed E-state index contributed by atoms with van der Waals surface area (Å²) in [5.74, 6) is 0.0619. The van der Waals surface area contributed by atoms with Gasteiger partial charge in [0.15, 0.2) is 0 Å². The molecule has 0 aliphatic rings. The van der Waals surface area contributed by atoms with Crippen molar-refractivity contribution in [1.82, 2.24) is 0 Å². The summed E-state index contributed by atoms with van der Waals surface area (Å²) in [6, 6.07) is 12.2. The molecule has 0 saturated carbocycles. The number of phenols is 1. The van der Waals surface area contributed by atoms with E-state index in [0.717, 1.165) is 11.3 Å². The van der Waals surface area contributed by atoms with E-state index in [1.54, 1.807) is 36.4 Å². The Morgan fingerprint density at radius 2 is 1.89 bits per heavy atom. The summed E-state index contributed by atoms with van der Waals surface area (Å²) in [5.41, 5.74) is 2.19. The minimum atomic E-state index is 0.0619. The van der Waals surface area contributed by atoms with E-state index in [-0.39, 0.29) is 5.75 Å². The van der Waals surface area contributed by atoms with E-state index >= 15 is 0 Å². The minimum Gasteiger partial charge on any atom is -0.506 e. The Balaban J connectivity index is 2.08. The van der Waals surface area contributed by atoms with Gasteiger partial charge in [0, 0.05) is 12.2 Å². The minimum absolute atomic E-state index is 0.0619. The maximum Gasteiger partial charge on any atom is 0.134 e. The third-order valence-corrected chi connectivity index (χ3v) is 3.21. The second-order valence-corrected chi connectivity index (χ2v) is 4.76. The lowest BCUT2D eigenvalue weighted by Gasteiger charge is -2.08. The first-order chi connectivity index (χ1) is 9.10. The number of benzene rings is 2. The highest BCUT2D eigenvalue weighted by atomic mass is 35.5. The molecule has 19 heavy (non-hydrogen) atoms. The zero-order valence-corrected chi connectivity index (χ0v) is 11.3. The second-order valence-electron chi connectivity index (χ2n) is 3.95. The molecule has 0 unspecified atom stereocenters. The monoisotopic (exact) mass is 292 g/mol. The maximum absolute atomic E-state index is 9.32. The predicted octanol–water partition coefficient (Wildman–Crippen LogP) is 4.18. The molecule has 3 nitrogen and oxygen atoms in total. The summed E-state index contributed by atoms with van der Waals surface area (Å²) < 4.78 is 0. The Bertz CT molecular complexity index is 650. The van der Waals surface area contributed by atoms with E-state index in [0.29, 0.717) is 22.2 Å². The smallest absolute Gasteiger partial charge is 0.134 e. The largest absolute Gasteiger partial charge is 0.506 e. The molecule has 5 heteroatoms. The van der Waals surface area contributed by atoms with Gasteiger partial charge in [0.2, 0.25) is 0 Å². The van der Waals surface area contributed by atoms with Crippen molar-refractivity contribution in [2.75, 3.05) is 5.32 Å². The molecule has 2 aromatic carbocycles. The number of hydrogen-bond acceptors (Lipinski definition) is 3. The van der Waals surface area contributed by atoms with Crippen LogP contribution < -0.4 is 5.32 Å². The molecule has 96 valence electrons. The number of nitrogens with zero attached hydrogens (tertiary/aromatic N) is 1. The van der Waals surface area contributed by atoms with Gasteiger partial charge in [0.1, 0.15) is 11.8 Å². The standard InChI is InChI=1S/C14H10Cl2N2O/c15-12-6-11(3-2-10(12)7-17)18-8-9-1-4-14(19)13(16)5-9/h1-6,18-19H,8H2. The lowest BCUT2D eigenvalue weighted by molar-refractivity contribution is 0.475. The van der Waals surface area contributed by atoms with Crippen LogP contribution in [0.25, 0.3) is 0 Å². The van der Waals surface area contributed by atoms with E-state index in [9.17, 15) is 5.11 Å². The van der Waals surface area contributed by atoms with Crippen molar-refractivity contribution in [2.45, 2.75) is 6.54 Å². The van der Waals surface area contributed by atoms with Crippen LogP contribution in [0.4, 0.5) is 5.69 Å². The number of aromatic hydroxyl groups is 1. The van der Waals surface area contributed by atoms with Crippen LogP contribution >= 0.6 is 23.2 Å². The van der Waals surface area contributed by atoms with Crippen LogP contribution in [0.15, 0.2) is 36.4 Å². The first kappa shape index (κ1) is 13.5. The van der Waals surface area contributed by atoms with Crippen molar-refractivity contribution in [2.24, 2.45) is 0 Å². The Kier molecular flexibility index (Phi) is 4.16. The molecule has 2 rings (SSSR count). The molecule has 0 bridgehead atoms. The fraction of sp³-hybridized carbons (Fsp3) is 0.0714. The van der Waals surface area contributed by atoms with Gasteiger partial charge in [-0.15, -0.1) is 0 Å². The summed E-state index contributed by atoms with van der Waals surface area (Å²) in [6.45, 7) is 0.544. The number of hydrogen-bond donors (Lipinski definition) is 2. The lowest BCUT2D eigenvalue weighted by Crippen LogP contribution is -1.99. The lowest BCUT2D eigenvalue weighted by atomic mass is 10.2. The normalized spacial score (nSPS) is 9.95. The molecule has 0 aromatic heterocycles. The van der Waals surface area contributed by atoms with Crippen LogP contribution in [0.1, 0.15) is 11.1 Å². The molecule has 0 fully saturated rings. The third-order valence-electron chi connectivity index (χ3n) is 2.60. The molecule has 0 amide bonds. The Hall–Kier alpha value is -1.89. The van der Waals surface area contributed by atoms with E-state index < -0.39 is 0 Å². The number of halogens is 2. The Labute approximate surface area is 121 Å². The molecule has 0 heterocycles. The fourth-order valence-electron chi connectivity index (χ4n) is 1.58. The van der Waals surface area contributed by atoms with E-state index in [1.807, 2.05) is 6.07 Å². The summed E-state index contributed by atoms with van der Waals surface area (Å²) in [6.07, 6.45) is 0. The molecule has 0 saturated heterocycles. The van der Waals surface area contributed by atoms with Gasteiger partial charge in [-0.2, -0.15) is 5.26 Å². The Morgan fingerprint density at radius 1 is 1.11 bits per heavy atom. The fourth-order valence-corrected chi connectivity index (χ4v) is 2.01.